The molecule has 0 aliphatic carbocycles. The monoisotopic (exact) mass is 616 g/mol. The van der Waals surface area contributed by atoms with Gasteiger partial charge in [-0.15, -0.1) is 0 Å². The van der Waals surface area contributed by atoms with Gasteiger partial charge in [0.2, 0.25) is 0 Å². The Morgan fingerprint density at radius 3 is 1.75 bits per heavy atom. The predicted molar refractivity (Wildman–Crippen MR) is 150 cm³/mol. The van der Waals surface area contributed by atoms with E-state index in [1.807, 2.05) is 0 Å². The van der Waals surface area contributed by atoms with Crippen LogP contribution < -0.4 is 0 Å². The summed E-state index contributed by atoms with van der Waals surface area (Å²) in [6, 6.07) is 0. The maximum atomic E-state index is 12.4. The van der Waals surface area contributed by atoms with E-state index in [-0.39, 0.29) is 38.1 Å². The number of carbonyl (C=O) groups is 1. The normalized spacial score (nSPS) is 23.2. The van der Waals surface area contributed by atoms with Crippen LogP contribution in [0.4, 0.5) is 0 Å². The van der Waals surface area contributed by atoms with Gasteiger partial charge in [-0.05, 0) is 55.9 Å². The first-order chi connectivity index (χ1) is 14.1. The third kappa shape index (κ3) is 8.75. The van der Waals surface area contributed by atoms with E-state index in [9.17, 15) is 4.79 Å². The van der Waals surface area contributed by atoms with Crippen LogP contribution in [0, 0.1) is 5.92 Å². The van der Waals surface area contributed by atoms with Crippen LogP contribution in [0.25, 0.3) is 0 Å². The molecule has 4 atom stereocenters. The van der Waals surface area contributed by atoms with Crippen LogP contribution in [0.5, 0.6) is 0 Å². The molecule has 0 aromatic heterocycles. The molecule has 0 unspecified atom stereocenters. The molecule has 1 rings (SSSR count). The van der Waals surface area contributed by atoms with Crippen molar-refractivity contribution in [3.8, 4) is 0 Å². The topological polar surface area (TPSA) is 54.0 Å². The largest absolute Gasteiger partial charge is 0.461 e. The smallest absolute Gasteiger partial charge is 0.306 e. The van der Waals surface area contributed by atoms with E-state index < -0.39 is 25.0 Å². The lowest BCUT2D eigenvalue weighted by Gasteiger charge is -2.40. The van der Waals surface area contributed by atoms with Gasteiger partial charge in [0.1, 0.15) is 6.10 Å². The molecule has 1 aliphatic heterocycles. The summed E-state index contributed by atoms with van der Waals surface area (Å²) in [7, 11) is -5.65. The fraction of sp³-hybridized carbons (Fsp3) is 0.957. The van der Waals surface area contributed by atoms with E-state index in [2.05, 4.69) is 110 Å². The van der Waals surface area contributed by atoms with Crippen molar-refractivity contribution in [1.82, 2.24) is 0 Å². The van der Waals surface area contributed by atoms with Crippen LogP contribution in [-0.4, -0.2) is 60.3 Å². The van der Waals surface area contributed by atoms with E-state index in [1.54, 1.807) is 0 Å². The van der Waals surface area contributed by atoms with Crippen molar-refractivity contribution in [1.29, 1.82) is 0 Å². The SMILES string of the molecule is CC(C)(C)[Si](C)(C)OC[C@H](I)[C@@H]1OC(=O)C[C@H]1[C@@H](CO[Si](C)(C)C(C)(C)C)O[Si](C)(C)C. The number of ether oxygens (including phenoxy) is 1. The second-order valence-electron chi connectivity index (χ2n) is 13.2. The minimum absolute atomic E-state index is 0.0103. The summed E-state index contributed by atoms with van der Waals surface area (Å²) >= 11 is 2.41. The second kappa shape index (κ2) is 10.8. The molecule has 32 heavy (non-hydrogen) atoms. The zero-order valence-electron chi connectivity index (χ0n) is 22.8. The summed E-state index contributed by atoms with van der Waals surface area (Å²) in [5, 5.41) is 0.274. The van der Waals surface area contributed by atoms with E-state index >= 15 is 0 Å². The highest BCUT2D eigenvalue weighted by atomic mass is 127. The van der Waals surface area contributed by atoms with Crippen LogP contribution in [-0.2, 0) is 22.8 Å². The summed E-state index contributed by atoms with van der Waals surface area (Å²) in [6.45, 7) is 30.2. The maximum absolute atomic E-state index is 12.4. The minimum atomic E-state index is -1.93. The van der Waals surface area contributed by atoms with Crippen molar-refractivity contribution in [3.05, 3.63) is 0 Å². The fourth-order valence-electron chi connectivity index (χ4n) is 3.09. The summed E-state index contributed by atoms with van der Waals surface area (Å²) in [6.07, 6.45) is 0.0369. The quantitative estimate of drug-likeness (QED) is 0.115. The Morgan fingerprint density at radius 2 is 1.34 bits per heavy atom. The molecule has 1 heterocycles. The highest BCUT2D eigenvalue weighted by molar-refractivity contribution is 14.1. The molecular formula is C23H49IO5Si3. The molecule has 0 saturated carbocycles. The van der Waals surface area contributed by atoms with Gasteiger partial charge in [0, 0.05) is 12.5 Å². The highest BCUT2D eigenvalue weighted by Crippen LogP contribution is 2.40. The van der Waals surface area contributed by atoms with Crippen LogP contribution in [0.2, 0.25) is 55.9 Å². The first kappa shape index (κ1) is 30.8. The molecule has 0 aromatic rings. The molecule has 9 heteroatoms. The summed E-state index contributed by atoms with van der Waals surface area (Å²) < 4.78 is 25.6. The lowest BCUT2D eigenvalue weighted by molar-refractivity contribution is -0.141. The molecule has 0 radical (unpaired) electrons. The van der Waals surface area contributed by atoms with Crippen molar-refractivity contribution in [2.24, 2.45) is 5.92 Å². The third-order valence-corrected chi connectivity index (χ3v) is 18.3. The molecule has 1 saturated heterocycles. The molecular weight excluding hydrogens is 567 g/mol. The van der Waals surface area contributed by atoms with Crippen molar-refractivity contribution < 1.29 is 22.8 Å². The first-order valence-corrected chi connectivity index (χ1v) is 22.3. The van der Waals surface area contributed by atoms with Gasteiger partial charge >= 0.3 is 5.97 Å². The Bertz CT molecular complexity index is 635. The Kier molecular flexibility index (Phi) is 10.4. The Labute approximate surface area is 214 Å². The lowest BCUT2D eigenvalue weighted by Crippen LogP contribution is -2.49. The van der Waals surface area contributed by atoms with E-state index in [4.69, 9.17) is 18.0 Å². The van der Waals surface area contributed by atoms with Gasteiger partial charge in [0.25, 0.3) is 0 Å². The third-order valence-electron chi connectivity index (χ3n) is 7.26. The molecule has 1 aliphatic rings. The molecule has 0 amide bonds. The number of cyclic esters (lactones) is 1. The Balaban J connectivity index is 3.04. The van der Waals surface area contributed by atoms with Gasteiger partial charge in [-0.25, -0.2) is 0 Å². The van der Waals surface area contributed by atoms with Crippen LogP contribution in [0.3, 0.4) is 0 Å². The number of esters is 1. The molecule has 1 fully saturated rings. The van der Waals surface area contributed by atoms with Gasteiger partial charge < -0.3 is 18.0 Å². The average molecular weight is 617 g/mol. The molecule has 0 bridgehead atoms. The van der Waals surface area contributed by atoms with Gasteiger partial charge in [-0.1, -0.05) is 64.1 Å². The van der Waals surface area contributed by atoms with Gasteiger partial charge in [0.15, 0.2) is 25.0 Å². The zero-order chi connectivity index (χ0) is 25.3. The number of rotatable bonds is 10. The van der Waals surface area contributed by atoms with Crippen molar-refractivity contribution in [2.45, 2.75) is 120 Å². The molecule has 0 aromatic carbocycles. The first-order valence-electron chi connectivity index (χ1n) is 11.9. The summed E-state index contributed by atoms with van der Waals surface area (Å²) in [4.78, 5) is 12.4. The molecule has 5 nitrogen and oxygen atoms in total. The molecule has 190 valence electrons. The molecule has 0 spiro atoms. The highest BCUT2D eigenvalue weighted by Gasteiger charge is 2.47. The van der Waals surface area contributed by atoms with Crippen LogP contribution >= 0.6 is 22.6 Å². The number of hydrogen-bond acceptors (Lipinski definition) is 5. The van der Waals surface area contributed by atoms with E-state index in [1.165, 1.54) is 0 Å². The number of halogens is 1. The minimum Gasteiger partial charge on any atom is -0.461 e. The average Bonchev–Trinajstić information content (AvgIpc) is 2.95. The maximum Gasteiger partial charge on any atom is 0.306 e. The van der Waals surface area contributed by atoms with E-state index in [0.29, 0.717) is 19.6 Å². The summed E-state index contributed by atoms with van der Waals surface area (Å²) in [5.41, 5.74) is 0. The fourth-order valence-corrected chi connectivity index (χ4v) is 7.48. The Hall–Kier alpha value is 0.731. The van der Waals surface area contributed by atoms with E-state index in [0.717, 1.165) is 0 Å². The van der Waals surface area contributed by atoms with Crippen LogP contribution in [0.15, 0.2) is 0 Å². The number of hydrogen-bond donors (Lipinski definition) is 0. The van der Waals surface area contributed by atoms with Gasteiger partial charge in [0.05, 0.1) is 23.1 Å². The number of carbonyl (C=O) groups excluding carboxylic acids is 1. The second-order valence-corrected chi connectivity index (χ2v) is 28.9. The van der Waals surface area contributed by atoms with Crippen molar-refractivity contribution >= 4 is 53.5 Å². The molecule has 0 N–H and O–H groups in total. The Morgan fingerprint density at radius 1 is 0.906 bits per heavy atom. The van der Waals surface area contributed by atoms with Crippen molar-refractivity contribution in [2.75, 3.05) is 13.2 Å². The summed E-state index contributed by atoms with van der Waals surface area (Å²) in [5.74, 6) is -0.144. The lowest BCUT2D eigenvalue weighted by atomic mass is 9.93. The van der Waals surface area contributed by atoms with Crippen LogP contribution in [0.1, 0.15) is 48.0 Å². The number of alkyl halides is 1. The predicted octanol–water partition coefficient (Wildman–Crippen LogP) is 6.99. The zero-order valence-corrected chi connectivity index (χ0v) is 28.0. The van der Waals surface area contributed by atoms with Gasteiger partial charge in [-0.2, -0.15) is 0 Å². The van der Waals surface area contributed by atoms with Crippen molar-refractivity contribution in [3.63, 3.8) is 0 Å². The standard InChI is InChI=1S/C23H49IO5Si3/c1-22(2,3)31(10,11)26-15-18(24)21-17(14-20(25)28-21)19(29-30(7,8)9)16-27-32(12,13)23(4,5)6/h17-19,21H,14-16H2,1-13H3/t17-,18-,19+,21+/m0/s1. The van der Waals surface area contributed by atoms with Gasteiger partial charge in [-0.3, -0.25) is 4.79 Å².